The summed E-state index contributed by atoms with van der Waals surface area (Å²) in [5.41, 5.74) is 2.69. The molecule has 0 radical (unpaired) electrons. The Bertz CT molecular complexity index is 302. The van der Waals surface area contributed by atoms with Crippen molar-refractivity contribution in [2.75, 3.05) is 33.5 Å². The maximum absolute atomic E-state index is 5.46. The number of aryl methyl sites for hydroxylation is 1. The van der Waals surface area contributed by atoms with Crippen LogP contribution >= 0.6 is 0 Å². The Morgan fingerprint density at radius 2 is 1.94 bits per heavy atom. The second-order valence-electron chi connectivity index (χ2n) is 4.06. The lowest BCUT2D eigenvalue weighted by atomic mass is 10.1. The van der Waals surface area contributed by atoms with Crippen molar-refractivity contribution in [2.24, 2.45) is 0 Å². The van der Waals surface area contributed by atoms with Crippen LogP contribution in [0.1, 0.15) is 17.5 Å². The quantitative estimate of drug-likeness (QED) is 0.667. The highest BCUT2D eigenvalue weighted by Gasteiger charge is 1.95. The largest absolute Gasteiger partial charge is 0.385 e. The van der Waals surface area contributed by atoms with E-state index < -0.39 is 0 Å². The zero-order valence-electron chi connectivity index (χ0n) is 10.9. The van der Waals surface area contributed by atoms with Crippen molar-refractivity contribution in [1.82, 2.24) is 5.32 Å². The van der Waals surface area contributed by atoms with Crippen molar-refractivity contribution in [2.45, 2.75) is 19.9 Å². The third-order valence-electron chi connectivity index (χ3n) is 2.64. The molecule has 0 aliphatic rings. The molecule has 3 nitrogen and oxygen atoms in total. The van der Waals surface area contributed by atoms with Crippen LogP contribution in [0.5, 0.6) is 0 Å². The topological polar surface area (TPSA) is 30.5 Å². The minimum Gasteiger partial charge on any atom is -0.385 e. The Morgan fingerprint density at radius 3 is 2.71 bits per heavy atom. The van der Waals surface area contributed by atoms with E-state index in [0.29, 0.717) is 0 Å². The molecular weight excluding hydrogens is 214 g/mol. The lowest BCUT2D eigenvalue weighted by Crippen LogP contribution is -2.20. The standard InChI is InChI=1S/C14H23NO2/c1-13-6-3-4-7-14(13)12-15-8-11-17-10-5-9-16-2/h3-4,6-7,15H,5,8-12H2,1-2H3. The Hall–Kier alpha value is -0.900. The van der Waals surface area contributed by atoms with E-state index in [1.54, 1.807) is 7.11 Å². The van der Waals surface area contributed by atoms with Crippen LogP contribution in [0.15, 0.2) is 24.3 Å². The number of nitrogens with one attached hydrogen (secondary N) is 1. The van der Waals surface area contributed by atoms with E-state index in [1.165, 1.54) is 11.1 Å². The molecule has 0 aliphatic heterocycles. The molecule has 96 valence electrons. The van der Waals surface area contributed by atoms with Crippen molar-refractivity contribution >= 4 is 0 Å². The SMILES string of the molecule is COCCCOCCNCc1ccccc1C. The molecule has 1 N–H and O–H groups in total. The molecule has 0 saturated carbocycles. The van der Waals surface area contributed by atoms with E-state index in [9.17, 15) is 0 Å². The normalized spacial score (nSPS) is 10.7. The average Bonchev–Trinajstić information content (AvgIpc) is 2.35. The Kier molecular flexibility index (Phi) is 7.63. The number of benzene rings is 1. The van der Waals surface area contributed by atoms with Crippen molar-refractivity contribution < 1.29 is 9.47 Å². The molecule has 0 atom stereocenters. The third kappa shape index (κ3) is 6.41. The van der Waals surface area contributed by atoms with Gasteiger partial charge in [0.05, 0.1) is 6.61 Å². The number of hydrogen-bond acceptors (Lipinski definition) is 3. The van der Waals surface area contributed by atoms with Crippen LogP contribution in [0.25, 0.3) is 0 Å². The first-order chi connectivity index (χ1) is 8.34. The molecule has 1 aromatic rings. The highest BCUT2D eigenvalue weighted by Crippen LogP contribution is 2.05. The second kappa shape index (κ2) is 9.16. The minimum absolute atomic E-state index is 0.760. The summed E-state index contributed by atoms with van der Waals surface area (Å²) >= 11 is 0. The van der Waals surface area contributed by atoms with E-state index in [1.807, 2.05) is 0 Å². The summed E-state index contributed by atoms with van der Waals surface area (Å²) in [7, 11) is 1.71. The fraction of sp³-hybridized carbons (Fsp3) is 0.571. The Morgan fingerprint density at radius 1 is 1.12 bits per heavy atom. The predicted molar refractivity (Wildman–Crippen MR) is 70.2 cm³/mol. The summed E-state index contributed by atoms with van der Waals surface area (Å²) < 4.78 is 10.4. The fourth-order valence-electron chi connectivity index (χ4n) is 1.58. The lowest BCUT2D eigenvalue weighted by Gasteiger charge is -2.08. The molecule has 1 aromatic carbocycles. The van der Waals surface area contributed by atoms with Crippen molar-refractivity contribution in [3.05, 3.63) is 35.4 Å². The van der Waals surface area contributed by atoms with Crippen LogP contribution in [0.4, 0.5) is 0 Å². The van der Waals surface area contributed by atoms with Gasteiger partial charge in [-0.05, 0) is 24.5 Å². The van der Waals surface area contributed by atoms with Gasteiger partial charge in [0.25, 0.3) is 0 Å². The molecule has 0 fully saturated rings. The van der Waals surface area contributed by atoms with Crippen LogP contribution in [0.2, 0.25) is 0 Å². The molecule has 3 heteroatoms. The number of methoxy groups -OCH3 is 1. The molecule has 17 heavy (non-hydrogen) atoms. The Balaban J connectivity index is 1.99. The smallest absolute Gasteiger partial charge is 0.0591 e. The highest BCUT2D eigenvalue weighted by atomic mass is 16.5. The number of rotatable bonds is 9. The van der Waals surface area contributed by atoms with E-state index in [2.05, 4.69) is 36.5 Å². The number of hydrogen-bond donors (Lipinski definition) is 1. The third-order valence-corrected chi connectivity index (χ3v) is 2.64. The first kappa shape index (κ1) is 14.2. The molecular formula is C14H23NO2. The predicted octanol–water partition coefficient (Wildman–Crippen LogP) is 2.14. The zero-order valence-corrected chi connectivity index (χ0v) is 10.9. The van der Waals surface area contributed by atoms with Gasteiger partial charge in [-0.25, -0.2) is 0 Å². The van der Waals surface area contributed by atoms with Crippen LogP contribution in [0, 0.1) is 6.92 Å². The van der Waals surface area contributed by atoms with Crippen molar-refractivity contribution in [1.29, 1.82) is 0 Å². The molecule has 0 spiro atoms. The lowest BCUT2D eigenvalue weighted by molar-refractivity contribution is 0.104. The average molecular weight is 237 g/mol. The van der Waals surface area contributed by atoms with Gasteiger partial charge in [0.1, 0.15) is 0 Å². The first-order valence-electron chi connectivity index (χ1n) is 6.16. The van der Waals surface area contributed by atoms with E-state index in [-0.39, 0.29) is 0 Å². The molecule has 1 rings (SSSR count). The summed E-state index contributed by atoms with van der Waals surface area (Å²) in [6, 6.07) is 8.43. The summed E-state index contributed by atoms with van der Waals surface area (Å²) in [4.78, 5) is 0. The van der Waals surface area contributed by atoms with Crippen LogP contribution in [-0.4, -0.2) is 33.5 Å². The maximum Gasteiger partial charge on any atom is 0.0591 e. The molecule has 0 bridgehead atoms. The van der Waals surface area contributed by atoms with Gasteiger partial charge in [0.15, 0.2) is 0 Å². The van der Waals surface area contributed by atoms with Gasteiger partial charge in [-0.1, -0.05) is 24.3 Å². The molecule has 0 unspecified atom stereocenters. The molecule has 0 aromatic heterocycles. The highest BCUT2D eigenvalue weighted by molar-refractivity contribution is 5.25. The van der Waals surface area contributed by atoms with Gasteiger partial charge in [-0.2, -0.15) is 0 Å². The summed E-state index contributed by atoms with van der Waals surface area (Å²) in [5, 5.41) is 3.38. The fourth-order valence-corrected chi connectivity index (χ4v) is 1.58. The maximum atomic E-state index is 5.46. The van der Waals surface area contributed by atoms with Crippen LogP contribution in [0.3, 0.4) is 0 Å². The monoisotopic (exact) mass is 237 g/mol. The van der Waals surface area contributed by atoms with Crippen molar-refractivity contribution in [3.63, 3.8) is 0 Å². The van der Waals surface area contributed by atoms with Gasteiger partial charge in [0, 0.05) is 33.4 Å². The van der Waals surface area contributed by atoms with Gasteiger partial charge >= 0.3 is 0 Å². The van der Waals surface area contributed by atoms with E-state index >= 15 is 0 Å². The molecule has 0 heterocycles. The second-order valence-corrected chi connectivity index (χ2v) is 4.06. The molecule has 0 saturated heterocycles. The Labute approximate surface area is 104 Å². The van der Waals surface area contributed by atoms with E-state index in [0.717, 1.165) is 39.3 Å². The zero-order chi connectivity index (χ0) is 12.3. The van der Waals surface area contributed by atoms with Gasteiger partial charge in [0.2, 0.25) is 0 Å². The summed E-state index contributed by atoms with van der Waals surface area (Å²) in [6.45, 7) is 6.25. The number of ether oxygens (including phenoxy) is 2. The van der Waals surface area contributed by atoms with Crippen molar-refractivity contribution in [3.8, 4) is 0 Å². The minimum atomic E-state index is 0.760. The first-order valence-corrected chi connectivity index (χ1v) is 6.16. The van der Waals surface area contributed by atoms with E-state index in [4.69, 9.17) is 9.47 Å². The van der Waals surface area contributed by atoms with Gasteiger partial charge < -0.3 is 14.8 Å². The van der Waals surface area contributed by atoms with Crippen LogP contribution < -0.4 is 5.32 Å². The molecule has 0 aliphatic carbocycles. The van der Waals surface area contributed by atoms with Gasteiger partial charge in [-0.3, -0.25) is 0 Å². The molecule has 0 amide bonds. The van der Waals surface area contributed by atoms with Gasteiger partial charge in [-0.15, -0.1) is 0 Å². The summed E-state index contributed by atoms with van der Waals surface area (Å²) in [6.07, 6.45) is 0.967. The summed E-state index contributed by atoms with van der Waals surface area (Å²) in [5.74, 6) is 0. The van der Waals surface area contributed by atoms with Crippen LogP contribution in [-0.2, 0) is 16.0 Å².